The molecule has 0 saturated carbocycles. The highest BCUT2D eigenvalue weighted by molar-refractivity contribution is 7.10. The summed E-state index contributed by atoms with van der Waals surface area (Å²) < 4.78 is 0. The molecule has 0 saturated heterocycles. The number of benzene rings is 1. The summed E-state index contributed by atoms with van der Waals surface area (Å²) in [6.45, 7) is 0. The first kappa shape index (κ1) is 16.3. The van der Waals surface area contributed by atoms with E-state index in [4.69, 9.17) is 5.41 Å². The number of thiophene rings is 1. The van der Waals surface area contributed by atoms with Crippen LogP contribution in [0.4, 0.5) is 0 Å². The SMILES string of the molecule is N#CC1=C2c3ccccc3CC[C@@H]2[C@@H](c2cccs2)C(C#N)(C#N)C1=N. The van der Waals surface area contributed by atoms with Gasteiger partial charge in [0.15, 0.2) is 5.41 Å². The minimum absolute atomic E-state index is 0.119. The zero-order valence-electron chi connectivity index (χ0n) is 13.9. The van der Waals surface area contributed by atoms with Crippen LogP contribution in [-0.4, -0.2) is 5.71 Å². The fraction of sp³-hybridized carbons (Fsp3) is 0.238. The summed E-state index contributed by atoms with van der Waals surface area (Å²) in [6, 6.07) is 18.1. The van der Waals surface area contributed by atoms with Gasteiger partial charge in [0.05, 0.1) is 23.4 Å². The molecule has 0 unspecified atom stereocenters. The zero-order valence-corrected chi connectivity index (χ0v) is 14.7. The van der Waals surface area contributed by atoms with Crippen molar-refractivity contribution in [3.05, 3.63) is 63.4 Å². The van der Waals surface area contributed by atoms with Crippen molar-refractivity contribution in [3.8, 4) is 18.2 Å². The van der Waals surface area contributed by atoms with Crippen molar-refractivity contribution in [1.29, 1.82) is 21.2 Å². The molecule has 0 spiro atoms. The van der Waals surface area contributed by atoms with Crippen LogP contribution in [0.3, 0.4) is 0 Å². The molecule has 2 aliphatic rings. The molecule has 2 aromatic rings. The maximum Gasteiger partial charge on any atom is 0.194 e. The highest BCUT2D eigenvalue weighted by Crippen LogP contribution is 2.57. The monoisotopic (exact) mass is 354 g/mol. The van der Waals surface area contributed by atoms with E-state index in [2.05, 4.69) is 18.2 Å². The molecule has 4 nitrogen and oxygen atoms in total. The first-order chi connectivity index (χ1) is 12.7. The lowest BCUT2D eigenvalue weighted by atomic mass is 9.56. The summed E-state index contributed by atoms with van der Waals surface area (Å²) >= 11 is 1.51. The number of hydrogen-bond donors (Lipinski definition) is 1. The van der Waals surface area contributed by atoms with Gasteiger partial charge in [-0.05, 0) is 46.9 Å². The first-order valence-corrected chi connectivity index (χ1v) is 9.23. The van der Waals surface area contributed by atoms with Crippen molar-refractivity contribution in [3.63, 3.8) is 0 Å². The minimum atomic E-state index is -1.63. The molecule has 1 aromatic heterocycles. The van der Waals surface area contributed by atoms with E-state index >= 15 is 0 Å². The van der Waals surface area contributed by atoms with Gasteiger partial charge in [-0.15, -0.1) is 11.3 Å². The van der Waals surface area contributed by atoms with Crippen LogP contribution in [0.1, 0.15) is 28.3 Å². The standard InChI is InChI=1S/C21H14N4S/c22-10-16-18-14-5-2-1-4-13(14)7-8-15(18)19(17-6-3-9-26-17)21(11-23,12-24)20(16)25/h1-6,9,15,19,25H,7-8H2/t15-,19-/m0/s1. The lowest BCUT2D eigenvalue weighted by molar-refractivity contribution is 0.392. The van der Waals surface area contributed by atoms with Crippen molar-refractivity contribution in [2.75, 3.05) is 0 Å². The van der Waals surface area contributed by atoms with Crippen molar-refractivity contribution >= 4 is 22.6 Å². The van der Waals surface area contributed by atoms with E-state index < -0.39 is 11.3 Å². The van der Waals surface area contributed by atoms with Crippen LogP contribution in [0.15, 0.2) is 47.4 Å². The molecule has 1 aromatic carbocycles. The summed E-state index contributed by atoms with van der Waals surface area (Å²) in [7, 11) is 0. The third kappa shape index (κ3) is 2.00. The lowest BCUT2D eigenvalue weighted by Gasteiger charge is -2.43. The first-order valence-electron chi connectivity index (χ1n) is 8.35. The van der Waals surface area contributed by atoms with E-state index in [0.717, 1.165) is 34.4 Å². The van der Waals surface area contributed by atoms with Crippen LogP contribution in [0.25, 0.3) is 5.57 Å². The number of allylic oxidation sites excluding steroid dienone is 2. The molecular weight excluding hydrogens is 340 g/mol. The largest absolute Gasteiger partial charge is 0.301 e. The van der Waals surface area contributed by atoms with Gasteiger partial charge in [-0.2, -0.15) is 15.8 Å². The number of nitrogens with one attached hydrogen (secondary N) is 1. The fourth-order valence-electron chi connectivity index (χ4n) is 4.37. The molecule has 2 atom stereocenters. The molecule has 0 radical (unpaired) electrons. The Kier molecular flexibility index (Phi) is 3.73. The predicted octanol–water partition coefficient (Wildman–Crippen LogP) is 4.44. The Morgan fingerprint density at radius 1 is 1.08 bits per heavy atom. The molecule has 2 aliphatic carbocycles. The zero-order chi connectivity index (χ0) is 18.3. The predicted molar refractivity (Wildman–Crippen MR) is 99.2 cm³/mol. The van der Waals surface area contributed by atoms with Gasteiger partial charge in [0, 0.05) is 10.8 Å². The van der Waals surface area contributed by atoms with Gasteiger partial charge in [0.2, 0.25) is 0 Å². The number of fused-ring (bicyclic) bond motifs is 3. The normalized spacial score (nSPS) is 23.2. The highest BCUT2D eigenvalue weighted by atomic mass is 32.1. The second kappa shape index (κ2) is 5.95. The smallest absolute Gasteiger partial charge is 0.194 e. The summed E-state index contributed by atoms with van der Waals surface area (Å²) in [4.78, 5) is 0.928. The molecule has 4 rings (SSSR count). The Balaban J connectivity index is 2.07. The molecular formula is C21H14N4S. The van der Waals surface area contributed by atoms with Gasteiger partial charge in [-0.25, -0.2) is 0 Å². The number of rotatable bonds is 1. The van der Waals surface area contributed by atoms with E-state index in [-0.39, 0.29) is 17.2 Å². The Morgan fingerprint density at radius 3 is 2.50 bits per heavy atom. The quantitative estimate of drug-likeness (QED) is 0.820. The second-order valence-electron chi connectivity index (χ2n) is 6.60. The van der Waals surface area contributed by atoms with Crippen molar-refractivity contribution in [2.45, 2.75) is 18.8 Å². The number of nitrogens with zero attached hydrogens (tertiary/aromatic N) is 3. The summed E-state index contributed by atoms with van der Waals surface area (Å²) in [5.41, 5.74) is 1.38. The maximum atomic E-state index is 9.94. The molecule has 0 bridgehead atoms. The van der Waals surface area contributed by atoms with Crippen LogP contribution in [-0.2, 0) is 6.42 Å². The second-order valence-corrected chi connectivity index (χ2v) is 7.58. The molecule has 0 aliphatic heterocycles. The maximum absolute atomic E-state index is 9.94. The van der Waals surface area contributed by atoms with E-state index in [1.165, 1.54) is 11.3 Å². The van der Waals surface area contributed by atoms with Crippen LogP contribution >= 0.6 is 11.3 Å². The third-order valence-electron chi connectivity index (χ3n) is 5.50. The van der Waals surface area contributed by atoms with E-state index in [1.54, 1.807) is 0 Å². The molecule has 26 heavy (non-hydrogen) atoms. The highest BCUT2D eigenvalue weighted by Gasteiger charge is 2.56. The van der Waals surface area contributed by atoms with Crippen LogP contribution in [0, 0.1) is 50.7 Å². The number of aryl methyl sites for hydroxylation is 1. The Labute approximate surface area is 155 Å². The summed E-state index contributed by atoms with van der Waals surface area (Å²) in [5, 5.41) is 40.2. The van der Waals surface area contributed by atoms with Gasteiger partial charge in [0.1, 0.15) is 6.07 Å². The van der Waals surface area contributed by atoms with Gasteiger partial charge in [-0.1, -0.05) is 30.3 Å². The molecule has 1 N–H and O–H groups in total. The molecule has 5 heteroatoms. The summed E-state index contributed by atoms with van der Waals surface area (Å²) in [6.07, 6.45) is 1.60. The molecule has 124 valence electrons. The Hall–Kier alpha value is -3.20. The van der Waals surface area contributed by atoms with Crippen LogP contribution in [0.5, 0.6) is 0 Å². The van der Waals surface area contributed by atoms with Gasteiger partial charge < -0.3 is 5.41 Å². The van der Waals surface area contributed by atoms with Gasteiger partial charge >= 0.3 is 0 Å². The van der Waals surface area contributed by atoms with Gasteiger partial charge in [-0.3, -0.25) is 0 Å². The average molecular weight is 354 g/mol. The van der Waals surface area contributed by atoms with Crippen molar-refractivity contribution in [2.24, 2.45) is 11.3 Å². The average Bonchev–Trinajstić information content (AvgIpc) is 3.21. The van der Waals surface area contributed by atoms with Crippen LogP contribution in [0.2, 0.25) is 0 Å². The Bertz CT molecular complexity index is 1040. The van der Waals surface area contributed by atoms with E-state index in [9.17, 15) is 15.8 Å². The minimum Gasteiger partial charge on any atom is -0.301 e. The van der Waals surface area contributed by atoms with E-state index in [0.29, 0.717) is 0 Å². The van der Waals surface area contributed by atoms with Crippen molar-refractivity contribution < 1.29 is 0 Å². The number of hydrogen-bond acceptors (Lipinski definition) is 5. The number of nitriles is 3. The fourth-order valence-corrected chi connectivity index (χ4v) is 5.33. The molecule has 0 fully saturated rings. The molecule has 0 amide bonds. The Morgan fingerprint density at radius 2 is 1.85 bits per heavy atom. The summed E-state index contributed by atoms with van der Waals surface area (Å²) in [5.74, 6) is -0.544. The van der Waals surface area contributed by atoms with E-state index in [1.807, 2.05) is 41.8 Å². The van der Waals surface area contributed by atoms with Crippen LogP contribution < -0.4 is 0 Å². The third-order valence-corrected chi connectivity index (χ3v) is 6.46. The lowest BCUT2D eigenvalue weighted by Crippen LogP contribution is -2.44. The van der Waals surface area contributed by atoms with Gasteiger partial charge in [0.25, 0.3) is 0 Å². The van der Waals surface area contributed by atoms with Crippen molar-refractivity contribution in [1.82, 2.24) is 0 Å². The topological polar surface area (TPSA) is 95.2 Å². The molecule has 1 heterocycles.